The number of benzene rings is 1. The summed E-state index contributed by atoms with van der Waals surface area (Å²) in [6.45, 7) is 3.28. The van der Waals surface area contributed by atoms with Crippen LogP contribution < -0.4 is 0 Å². The molecule has 0 fully saturated rings. The van der Waals surface area contributed by atoms with Gasteiger partial charge in [0.05, 0.1) is 0 Å². The number of carboxylic acid groups (broad SMARTS) is 1. The van der Waals surface area contributed by atoms with Crippen LogP contribution in [0, 0.1) is 0 Å². The van der Waals surface area contributed by atoms with Crippen LogP contribution in [0.1, 0.15) is 38.7 Å². The summed E-state index contributed by atoms with van der Waals surface area (Å²) < 4.78 is 0. The van der Waals surface area contributed by atoms with E-state index in [1.165, 1.54) is 24.8 Å². The summed E-state index contributed by atoms with van der Waals surface area (Å²) in [5, 5.41) is 16.6. The lowest BCUT2D eigenvalue weighted by Crippen LogP contribution is -1.84. The largest absolute Gasteiger partial charge is 0.508 e. The van der Waals surface area contributed by atoms with Crippen LogP contribution in [-0.2, 0) is 11.2 Å². The van der Waals surface area contributed by atoms with Gasteiger partial charge < -0.3 is 10.2 Å². The van der Waals surface area contributed by atoms with E-state index in [4.69, 9.17) is 15.0 Å². The average Bonchev–Trinajstić information content (AvgIpc) is 2.17. The Morgan fingerprint density at radius 1 is 1.31 bits per heavy atom. The van der Waals surface area contributed by atoms with Crippen LogP contribution in [0.5, 0.6) is 5.75 Å². The lowest BCUT2D eigenvalue weighted by molar-refractivity contribution is -0.134. The van der Waals surface area contributed by atoms with E-state index in [2.05, 4.69) is 13.0 Å². The molecule has 0 saturated carbocycles. The van der Waals surface area contributed by atoms with Crippen LogP contribution >= 0.6 is 0 Å². The second-order valence-corrected chi connectivity index (χ2v) is 3.65. The molecule has 0 amide bonds. The van der Waals surface area contributed by atoms with Crippen LogP contribution in [0.2, 0.25) is 0 Å². The number of rotatable bonds is 4. The molecule has 0 bridgehead atoms. The van der Waals surface area contributed by atoms with Gasteiger partial charge in [-0.3, -0.25) is 4.79 Å². The molecule has 90 valence electrons. The molecule has 0 aliphatic rings. The van der Waals surface area contributed by atoms with Crippen molar-refractivity contribution in [2.24, 2.45) is 0 Å². The Kier molecular flexibility index (Phi) is 7.94. The van der Waals surface area contributed by atoms with Crippen LogP contribution in [0.4, 0.5) is 0 Å². The Morgan fingerprint density at radius 2 is 1.94 bits per heavy atom. The van der Waals surface area contributed by atoms with Gasteiger partial charge >= 0.3 is 0 Å². The molecule has 1 aromatic carbocycles. The second kappa shape index (κ2) is 8.77. The Morgan fingerprint density at radius 3 is 2.44 bits per heavy atom. The number of unbranched alkanes of at least 4 members (excludes halogenated alkanes) is 2. The fourth-order valence-electron chi connectivity index (χ4n) is 1.29. The summed E-state index contributed by atoms with van der Waals surface area (Å²) in [6, 6.07) is 7.52. The van der Waals surface area contributed by atoms with Crippen LogP contribution in [0.15, 0.2) is 24.3 Å². The van der Waals surface area contributed by atoms with Gasteiger partial charge in [-0.05, 0) is 30.5 Å². The normalized spacial score (nSPS) is 9.12. The SMILES string of the molecule is CC(=O)O.CCCCCc1cccc(O)c1. The third-order valence-electron chi connectivity index (χ3n) is 1.98. The Labute approximate surface area is 96.7 Å². The number of carbonyl (C=O) groups is 1. The fraction of sp³-hybridized carbons (Fsp3) is 0.462. The molecule has 3 heteroatoms. The number of hydrogen-bond acceptors (Lipinski definition) is 2. The molecule has 0 aliphatic heterocycles. The van der Waals surface area contributed by atoms with Crippen molar-refractivity contribution in [1.29, 1.82) is 0 Å². The van der Waals surface area contributed by atoms with Gasteiger partial charge in [0.25, 0.3) is 5.97 Å². The van der Waals surface area contributed by atoms with E-state index in [0.29, 0.717) is 5.75 Å². The highest BCUT2D eigenvalue weighted by Crippen LogP contribution is 2.13. The zero-order valence-corrected chi connectivity index (χ0v) is 9.94. The van der Waals surface area contributed by atoms with Crippen molar-refractivity contribution in [3.8, 4) is 5.75 Å². The van der Waals surface area contributed by atoms with Crippen LogP contribution in [0.25, 0.3) is 0 Å². The number of phenolic OH excluding ortho intramolecular Hbond substituents is 1. The lowest BCUT2D eigenvalue weighted by Gasteiger charge is -2.00. The maximum atomic E-state index is 9.17. The number of aryl methyl sites for hydroxylation is 1. The molecule has 0 aromatic heterocycles. The highest BCUT2D eigenvalue weighted by Gasteiger charge is 1.93. The van der Waals surface area contributed by atoms with Gasteiger partial charge in [-0.15, -0.1) is 0 Å². The highest BCUT2D eigenvalue weighted by atomic mass is 16.4. The van der Waals surface area contributed by atoms with E-state index >= 15 is 0 Å². The Hall–Kier alpha value is -1.51. The number of aliphatic carboxylic acids is 1. The summed E-state index contributed by atoms with van der Waals surface area (Å²) in [5.74, 6) is -0.455. The summed E-state index contributed by atoms with van der Waals surface area (Å²) in [5.41, 5.74) is 1.24. The van der Waals surface area contributed by atoms with E-state index in [9.17, 15) is 0 Å². The maximum Gasteiger partial charge on any atom is 0.300 e. The molecule has 1 rings (SSSR count). The van der Waals surface area contributed by atoms with Crippen molar-refractivity contribution < 1.29 is 15.0 Å². The molecule has 0 aliphatic carbocycles. The van der Waals surface area contributed by atoms with Gasteiger partial charge in [0.2, 0.25) is 0 Å². The Balaban J connectivity index is 0.000000487. The standard InChI is InChI=1S/C11H16O.C2H4O2/c1-2-3-4-6-10-7-5-8-11(12)9-10;1-2(3)4/h5,7-9,12H,2-4,6H2,1H3;1H3,(H,3,4). The van der Waals surface area contributed by atoms with Crippen molar-refractivity contribution in [1.82, 2.24) is 0 Å². The predicted molar refractivity (Wildman–Crippen MR) is 64.6 cm³/mol. The van der Waals surface area contributed by atoms with E-state index in [1.54, 1.807) is 6.07 Å². The van der Waals surface area contributed by atoms with Crippen molar-refractivity contribution in [2.75, 3.05) is 0 Å². The minimum absolute atomic E-state index is 0.379. The third kappa shape index (κ3) is 9.06. The molecule has 2 N–H and O–H groups in total. The summed E-state index contributed by atoms with van der Waals surface area (Å²) in [7, 11) is 0. The van der Waals surface area contributed by atoms with Gasteiger partial charge in [-0.2, -0.15) is 0 Å². The van der Waals surface area contributed by atoms with Gasteiger partial charge in [0, 0.05) is 6.92 Å². The molecule has 16 heavy (non-hydrogen) atoms. The molecule has 0 saturated heterocycles. The molecule has 0 spiro atoms. The van der Waals surface area contributed by atoms with E-state index in [1.807, 2.05) is 12.1 Å². The zero-order chi connectivity index (χ0) is 12.4. The molecule has 0 radical (unpaired) electrons. The molecule has 0 heterocycles. The fourth-order valence-corrected chi connectivity index (χ4v) is 1.29. The first kappa shape index (κ1) is 14.5. The first-order chi connectivity index (χ1) is 7.56. The molecule has 1 aromatic rings. The molecule has 0 atom stereocenters. The topological polar surface area (TPSA) is 57.5 Å². The number of phenols is 1. The number of aromatic hydroxyl groups is 1. The quantitative estimate of drug-likeness (QED) is 0.772. The van der Waals surface area contributed by atoms with Crippen LogP contribution in [-0.4, -0.2) is 16.2 Å². The first-order valence-electron chi connectivity index (χ1n) is 5.53. The smallest absolute Gasteiger partial charge is 0.300 e. The molecule has 0 unspecified atom stereocenters. The van der Waals surface area contributed by atoms with Crippen molar-refractivity contribution >= 4 is 5.97 Å². The van der Waals surface area contributed by atoms with E-state index in [-0.39, 0.29) is 0 Å². The molecule has 3 nitrogen and oxygen atoms in total. The predicted octanol–water partition coefficient (Wildman–Crippen LogP) is 3.22. The van der Waals surface area contributed by atoms with E-state index < -0.39 is 5.97 Å². The average molecular weight is 224 g/mol. The third-order valence-corrected chi connectivity index (χ3v) is 1.98. The summed E-state index contributed by atoms with van der Waals surface area (Å²) in [6.07, 6.45) is 4.83. The van der Waals surface area contributed by atoms with Crippen molar-refractivity contribution in [2.45, 2.75) is 39.5 Å². The van der Waals surface area contributed by atoms with E-state index in [0.717, 1.165) is 13.3 Å². The minimum atomic E-state index is -0.833. The summed E-state index contributed by atoms with van der Waals surface area (Å²) in [4.78, 5) is 9.00. The van der Waals surface area contributed by atoms with Gasteiger partial charge in [-0.25, -0.2) is 0 Å². The second-order valence-electron chi connectivity index (χ2n) is 3.65. The zero-order valence-electron chi connectivity index (χ0n) is 9.94. The van der Waals surface area contributed by atoms with Gasteiger partial charge in [0.1, 0.15) is 5.75 Å². The highest BCUT2D eigenvalue weighted by molar-refractivity contribution is 5.62. The number of hydrogen-bond donors (Lipinski definition) is 2. The Bertz CT molecular complexity index is 304. The van der Waals surface area contributed by atoms with Crippen LogP contribution in [0.3, 0.4) is 0 Å². The van der Waals surface area contributed by atoms with Gasteiger partial charge in [-0.1, -0.05) is 31.9 Å². The minimum Gasteiger partial charge on any atom is -0.508 e. The van der Waals surface area contributed by atoms with Crippen molar-refractivity contribution in [3.63, 3.8) is 0 Å². The number of carboxylic acids is 1. The first-order valence-corrected chi connectivity index (χ1v) is 5.53. The monoisotopic (exact) mass is 224 g/mol. The molecular weight excluding hydrogens is 204 g/mol. The lowest BCUT2D eigenvalue weighted by atomic mass is 10.1. The van der Waals surface area contributed by atoms with Crippen molar-refractivity contribution in [3.05, 3.63) is 29.8 Å². The van der Waals surface area contributed by atoms with Gasteiger partial charge in [0.15, 0.2) is 0 Å². The summed E-state index contributed by atoms with van der Waals surface area (Å²) >= 11 is 0. The maximum absolute atomic E-state index is 9.17. The molecular formula is C13H20O3.